The number of fused-ring (bicyclic) bond motifs is 1. The van der Waals surface area contributed by atoms with E-state index in [1.807, 2.05) is 24.3 Å². The van der Waals surface area contributed by atoms with E-state index in [0.29, 0.717) is 18.1 Å². The molecule has 0 N–H and O–H groups in total. The molecule has 1 fully saturated rings. The summed E-state index contributed by atoms with van der Waals surface area (Å²) in [4.78, 5) is 12.2. The maximum absolute atomic E-state index is 12.2. The third-order valence-corrected chi connectivity index (χ3v) is 4.10. The van der Waals surface area contributed by atoms with Crippen molar-refractivity contribution < 1.29 is 9.53 Å². The maximum Gasteiger partial charge on any atom is 0.140 e. The summed E-state index contributed by atoms with van der Waals surface area (Å²) in [5.41, 5.74) is 1.12. The number of hydrogen-bond donors (Lipinski definition) is 0. The largest absolute Gasteiger partial charge is 0.497 e. The van der Waals surface area contributed by atoms with E-state index in [-0.39, 0.29) is 0 Å². The Morgan fingerprint density at radius 2 is 2.11 bits per heavy atom. The molecule has 0 spiro atoms. The fraction of sp³-hybridized carbons (Fsp3) is 0.353. The van der Waals surface area contributed by atoms with Crippen LogP contribution in [0.25, 0.3) is 10.8 Å². The number of carbonyl (C=O) groups excluding carboxylic acids is 1. The van der Waals surface area contributed by atoms with Gasteiger partial charge in [-0.3, -0.25) is 4.79 Å². The van der Waals surface area contributed by atoms with Crippen molar-refractivity contribution in [2.45, 2.75) is 25.7 Å². The van der Waals surface area contributed by atoms with Gasteiger partial charge >= 0.3 is 0 Å². The molecule has 0 unspecified atom stereocenters. The number of rotatable bonds is 4. The van der Waals surface area contributed by atoms with E-state index in [1.165, 1.54) is 11.8 Å². The number of hydrogen-bond acceptors (Lipinski definition) is 2. The van der Waals surface area contributed by atoms with E-state index in [0.717, 1.165) is 29.5 Å². The van der Waals surface area contributed by atoms with Gasteiger partial charge in [-0.15, -0.1) is 0 Å². The van der Waals surface area contributed by atoms with Crippen molar-refractivity contribution in [1.82, 2.24) is 0 Å². The SMILES string of the molecule is COc1ccc2cccc(CC(=O)C3CCC3)c2c1. The summed E-state index contributed by atoms with van der Waals surface area (Å²) in [6.07, 6.45) is 3.91. The number of ether oxygens (including phenoxy) is 1. The van der Waals surface area contributed by atoms with Gasteiger partial charge < -0.3 is 4.74 Å². The minimum absolute atomic E-state index is 0.306. The van der Waals surface area contributed by atoms with Crippen molar-refractivity contribution >= 4 is 16.6 Å². The molecule has 0 amide bonds. The molecule has 2 heteroatoms. The average Bonchev–Trinajstić information content (AvgIpc) is 2.36. The molecular formula is C17H18O2. The smallest absolute Gasteiger partial charge is 0.140 e. The quantitative estimate of drug-likeness (QED) is 0.830. The van der Waals surface area contributed by atoms with Crippen LogP contribution in [0.15, 0.2) is 36.4 Å². The third-order valence-electron chi connectivity index (χ3n) is 4.10. The summed E-state index contributed by atoms with van der Waals surface area (Å²) in [6.45, 7) is 0. The Balaban J connectivity index is 1.95. The lowest BCUT2D eigenvalue weighted by Gasteiger charge is -2.24. The lowest BCUT2D eigenvalue weighted by molar-refractivity contribution is -0.124. The van der Waals surface area contributed by atoms with E-state index in [2.05, 4.69) is 12.1 Å². The van der Waals surface area contributed by atoms with Gasteiger partial charge in [-0.2, -0.15) is 0 Å². The van der Waals surface area contributed by atoms with Gasteiger partial charge in [-0.25, -0.2) is 0 Å². The highest BCUT2D eigenvalue weighted by atomic mass is 16.5. The Kier molecular flexibility index (Phi) is 3.24. The van der Waals surface area contributed by atoms with Gasteiger partial charge in [0.2, 0.25) is 0 Å². The molecular weight excluding hydrogens is 236 g/mol. The van der Waals surface area contributed by atoms with Crippen LogP contribution in [0.5, 0.6) is 5.75 Å². The highest BCUT2D eigenvalue weighted by molar-refractivity contribution is 5.92. The van der Waals surface area contributed by atoms with Crippen LogP contribution in [0.4, 0.5) is 0 Å². The second-order valence-electron chi connectivity index (χ2n) is 5.28. The van der Waals surface area contributed by atoms with Crippen LogP contribution in [0.2, 0.25) is 0 Å². The van der Waals surface area contributed by atoms with Gasteiger partial charge in [-0.05, 0) is 41.3 Å². The van der Waals surface area contributed by atoms with E-state index >= 15 is 0 Å². The van der Waals surface area contributed by atoms with E-state index in [4.69, 9.17) is 4.74 Å². The third kappa shape index (κ3) is 2.35. The zero-order valence-electron chi connectivity index (χ0n) is 11.2. The molecule has 0 heterocycles. The molecule has 0 radical (unpaired) electrons. The van der Waals surface area contributed by atoms with Crippen molar-refractivity contribution in [1.29, 1.82) is 0 Å². The summed E-state index contributed by atoms with van der Waals surface area (Å²) in [5, 5.41) is 2.30. The van der Waals surface area contributed by atoms with Gasteiger partial charge in [-0.1, -0.05) is 30.7 Å². The zero-order chi connectivity index (χ0) is 13.2. The molecule has 3 rings (SSSR count). The van der Waals surface area contributed by atoms with Crippen LogP contribution in [-0.2, 0) is 11.2 Å². The average molecular weight is 254 g/mol. The topological polar surface area (TPSA) is 26.3 Å². The molecule has 19 heavy (non-hydrogen) atoms. The number of benzene rings is 2. The van der Waals surface area contributed by atoms with Gasteiger partial charge in [0, 0.05) is 12.3 Å². The van der Waals surface area contributed by atoms with Gasteiger partial charge in [0.05, 0.1) is 7.11 Å². The van der Waals surface area contributed by atoms with Crippen molar-refractivity contribution in [3.8, 4) is 5.75 Å². The van der Waals surface area contributed by atoms with Crippen LogP contribution in [0.1, 0.15) is 24.8 Å². The number of Topliss-reactive ketones (excluding diaryl/α,β-unsaturated/α-hetero) is 1. The number of methoxy groups -OCH3 is 1. The summed E-state index contributed by atoms with van der Waals surface area (Å²) in [5.74, 6) is 1.54. The molecule has 98 valence electrons. The lowest BCUT2D eigenvalue weighted by atomic mass is 9.80. The molecule has 0 saturated heterocycles. The molecule has 2 aromatic rings. The van der Waals surface area contributed by atoms with Gasteiger partial charge in [0.1, 0.15) is 11.5 Å². The first-order valence-electron chi connectivity index (χ1n) is 6.86. The first kappa shape index (κ1) is 12.2. The minimum atomic E-state index is 0.306. The zero-order valence-corrected chi connectivity index (χ0v) is 11.2. The monoisotopic (exact) mass is 254 g/mol. The summed E-state index contributed by atoms with van der Waals surface area (Å²) < 4.78 is 5.28. The van der Waals surface area contributed by atoms with Crippen LogP contribution >= 0.6 is 0 Å². The van der Waals surface area contributed by atoms with E-state index in [1.54, 1.807) is 7.11 Å². The van der Waals surface area contributed by atoms with Crippen molar-refractivity contribution in [2.24, 2.45) is 5.92 Å². The maximum atomic E-state index is 12.2. The Bertz CT molecular complexity index is 612. The molecule has 0 bridgehead atoms. The van der Waals surface area contributed by atoms with Gasteiger partial charge in [0.25, 0.3) is 0 Å². The van der Waals surface area contributed by atoms with Crippen molar-refractivity contribution in [3.63, 3.8) is 0 Å². The first-order chi connectivity index (χ1) is 9.28. The second-order valence-corrected chi connectivity index (χ2v) is 5.28. The minimum Gasteiger partial charge on any atom is -0.497 e. The predicted octanol–water partition coefficient (Wildman–Crippen LogP) is 3.76. The first-order valence-corrected chi connectivity index (χ1v) is 6.86. The number of ketones is 1. The molecule has 2 aromatic carbocycles. The Morgan fingerprint density at radius 3 is 2.79 bits per heavy atom. The van der Waals surface area contributed by atoms with Crippen LogP contribution in [-0.4, -0.2) is 12.9 Å². The Hall–Kier alpha value is -1.83. The van der Waals surface area contributed by atoms with Crippen LogP contribution < -0.4 is 4.74 Å². The van der Waals surface area contributed by atoms with E-state index in [9.17, 15) is 4.79 Å². The molecule has 1 aliphatic rings. The summed E-state index contributed by atoms with van der Waals surface area (Å²) >= 11 is 0. The van der Waals surface area contributed by atoms with Crippen LogP contribution in [0, 0.1) is 5.92 Å². The summed E-state index contributed by atoms with van der Waals surface area (Å²) in [7, 11) is 1.67. The predicted molar refractivity (Wildman–Crippen MR) is 76.6 cm³/mol. The van der Waals surface area contributed by atoms with Crippen LogP contribution in [0.3, 0.4) is 0 Å². The molecule has 1 saturated carbocycles. The molecule has 0 aromatic heterocycles. The molecule has 0 aliphatic heterocycles. The van der Waals surface area contributed by atoms with E-state index < -0.39 is 0 Å². The fourth-order valence-corrected chi connectivity index (χ4v) is 2.66. The second kappa shape index (κ2) is 5.04. The highest BCUT2D eigenvalue weighted by Crippen LogP contribution is 2.30. The Morgan fingerprint density at radius 1 is 1.26 bits per heavy atom. The standard InChI is InChI=1S/C17H18O2/c1-19-15-9-8-12-4-2-7-14(16(12)11-15)10-17(18)13-5-3-6-13/h2,4,7-9,11,13H,3,5-6,10H2,1H3. The highest BCUT2D eigenvalue weighted by Gasteiger charge is 2.25. The molecule has 1 aliphatic carbocycles. The number of carbonyl (C=O) groups is 1. The van der Waals surface area contributed by atoms with Crippen molar-refractivity contribution in [2.75, 3.05) is 7.11 Å². The normalized spacial score (nSPS) is 15.2. The lowest BCUT2D eigenvalue weighted by Crippen LogP contribution is -2.23. The van der Waals surface area contributed by atoms with Crippen molar-refractivity contribution in [3.05, 3.63) is 42.0 Å². The summed E-state index contributed by atoms with van der Waals surface area (Å²) in [6, 6.07) is 12.2. The fourth-order valence-electron chi connectivity index (χ4n) is 2.66. The van der Waals surface area contributed by atoms with Gasteiger partial charge in [0.15, 0.2) is 0 Å². The molecule has 0 atom stereocenters. The molecule has 2 nitrogen and oxygen atoms in total. The Labute approximate surface area is 113 Å².